The summed E-state index contributed by atoms with van der Waals surface area (Å²) in [6.45, 7) is 0. The van der Waals surface area contributed by atoms with Gasteiger partial charge in [-0.15, -0.1) is 0 Å². The van der Waals surface area contributed by atoms with Gasteiger partial charge in [0.1, 0.15) is 0 Å². The first-order valence-electron chi connectivity index (χ1n) is 6.95. The molecule has 3 rings (SSSR count). The molecule has 3 aromatic rings. The fourth-order valence-corrected chi connectivity index (χ4v) is 3.01. The number of nitrogens with one attached hydrogen (secondary N) is 1. The summed E-state index contributed by atoms with van der Waals surface area (Å²) in [5.74, 6) is 5.70. The largest absolute Gasteiger partial charge is 0.271 e. The maximum atomic E-state index is 5.70. The molecule has 5 heteroatoms. The van der Waals surface area contributed by atoms with Crippen molar-refractivity contribution in [3.63, 3.8) is 0 Å². The summed E-state index contributed by atoms with van der Waals surface area (Å²) in [7, 11) is 0. The Morgan fingerprint density at radius 1 is 1.19 bits per heavy atom. The van der Waals surface area contributed by atoms with Gasteiger partial charge in [-0.2, -0.15) is 16.4 Å². The zero-order valence-electron chi connectivity index (χ0n) is 11.6. The fourth-order valence-electron chi connectivity index (χ4n) is 2.31. The Balaban J connectivity index is 1.71. The first-order valence-corrected chi connectivity index (χ1v) is 7.89. The van der Waals surface area contributed by atoms with E-state index in [9.17, 15) is 0 Å². The SMILES string of the molecule is NNC(CCc1ccsc1)c1ccn(-c2ccccc2)n1. The topological polar surface area (TPSA) is 55.9 Å². The van der Waals surface area contributed by atoms with Crippen LogP contribution in [0.15, 0.2) is 59.4 Å². The Kier molecular flexibility index (Phi) is 4.45. The number of hydrogen-bond acceptors (Lipinski definition) is 4. The third kappa shape index (κ3) is 3.39. The van der Waals surface area contributed by atoms with E-state index in [0.29, 0.717) is 0 Å². The summed E-state index contributed by atoms with van der Waals surface area (Å²) < 4.78 is 1.88. The quantitative estimate of drug-likeness (QED) is 0.543. The van der Waals surface area contributed by atoms with Gasteiger partial charge in [-0.3, -0.25) is 11.3 Å². The van der Waals surface area contributed by atoms with Crippen molar-refractivity contribution in [2.45, 2.75) is 18.9 Å². The lowest BCUT2D eigenvalue weighted by Gasteiger charge is -2.12. The smallest absolute Gasteiger partial charge is 0.0812 e. The molecule has 1 aromatic carbocycles. The molecule has 0 bridgehead atoms. The second kappa shape index (κ2) is 6.67. The van der Waals surface area contributed by atoms with Crippen LogP contribution in [0.25, 0.3) is 5.69 Å². The first kappa shape index (κ1) is 14.0. The van der Waals surface area contributed by atoms with E-state index in [4.69, 9.17) is 5.84 Å². The number of benzene rings is 1. The van der Waals surface area contributed by atoms with E-state index in [1.54, 1.807) is 11.3 Å². The molecule has 2 aromatic heterocycles. The Labute approximate surface area is 128 Å². The molecule has 3 N–H and O–H groups in total. The number of aryl methyl sites for hydroxylation is 1. The first-order chi connectivity index (χ1) is 10.4. The van der Waals surface area contributed by atoms with Crippen molar-refractivity contribution < 1.29 is 0 Å². The predicted molar refractivity (Wildman–Crippen MR) is 86.3 cm³/mol. The van der Waals surface area contributed by atoms with Crippen LogP contribution in [0.3, 0.4) is 0 Å². The van der Waals surface area contributed by atoms with Crippen molar-refractivity contribution in [2.75, 3.05) is 0 Å². The van der Waals surface area contributed by atoms with Crippen LogP contribution in [0, 0.1) is 0 Å². The van der Waals surface area contributed by atoms with Gasteiger partial charge in [0.05, 0.1) is 17.4 Å². The zero-order valence-corrected chi connectivity index (χ0v) is 12.5. The maximum Gasteiger partial charge on any atom is 0.0812 e. The fraction of sp³-hybridized carbons (Fsp3) is 0.188. The summed E-state index contributed by atoms with van der Waals surface area (Å²) >= 11 is 1.72. The number of aromatic nitrogens is 2. The lowest BCUT2D eigenvalue weighted by molar-refractivity contribution is 0.501. The average molecular weight is 298 g/mol. The molecule has 0 saturated heterocycles. The molecule has 4 nitrogen and oxygen atoms in total. The van der Waals surface area contributed by atoms with Gasteiger partial charge >= 0.3 is 0 Å². The highest BCUT2D eigenvalue weighted by Crippen LogP contribution is 2.19. The molecule has 0 saturated carbocycles. The Morgan fingerprint density at radius 3 is 2.76 bits per heavy atom. The normalized spacial score (nSPS) is 12.4. The van der Waals surface area contributed by atoms with Gasteiger partial charge in [0, 0.05) is 6.20 Å². The molecule has 0 aliphatic heterocycles. The summed E-state index contributed by atoms with van der Waals surface area (Å²) in [4.78, 5) is 0. The van der Waals surface area contributed by atoms with E-state index in [1.165, 1.54) is 5.56 Å². The van der Waals surface area contributed by atoms with E-state index in [2.05, 4.69) is 27.4 Å². The molecule has 108 valence electrons. The van der Waals surface area contributed by atoms with E-state index in [1.807, 2.05) is 47.3 Å². The van der Waals surface area contributed by atoms with E-state index in [0.717, 1.165) is 24.2 Å². The minimum atomic E-state index is 0.0647. The highest BCUT2D eigenvalue weighted by Gasteiger charge is 2.13. The van der Waals surface area contributed by atoms with Crippen molar-refractivity contribution >= 4 is 11.3 Å². The maximum absolute atomic E-state index is 5.70. The van der Waals surface area contributed by atoms with Gasteiger partial charge in [0.15, 0.2) is 0 Å². The van der Waals surface area contributed by atoms with Crippen LogP contribution in [0.5, 0.6) is 0 Å². The molecule has 1 atom stereocenters. The van der Waals surface area contributed by atoms with Crippen LogP contribution in [-0.4, -0.2) is 9.78 Å². The summed E-state index contributed by atoms with van der Waals surface area (Å²) in [5, 5.41) is 8.91. The van der Waals surface area contributed by atoms with Crippen molar-refractivity contribution in [3.05, 3.63) is 70.7 Å². The third-order valence-electron chi connectivity index (χ3n) is 3.49. The Morgan fingerprint density at radius 2 is 2.05 bits per heavy atom. The Hall–Kier alpha value is -1.95. The zero-order chi connectivity index (χ0) is 14.5. The Bertz CT molecular complexity index is 661. The highest BCUT2D eigenvalue weighted by molar-refractivity contribution is 7.07. The second-order valence-electron chi connectivity index (χ2n) is 4.91. The van der Waals surface area contributed by atoms with Crippen molar-refractivity contribution in [1.29, 1.82) is 0 Å². The molecule has 21 heavy (non-hydrogen) atoms. The van der Waals surface area contributed by atoms with Gasteiger partial charge in [-0.25, -0.2) is 4.68 Å². The number of rotatable bonds is 6. The number of para-hydroxylation sites is 1. The van der Waals surface area contributed by atoms with E-state index < -0.39 is 0 Å². The molecule has 0 spiro atoms. The summed E-state index contributed by atoms with van der Waals surface area (Å²) in [6, 6.07) is 14.3. The van der Waals surface area contributed by atoms with E-state index in [-0.39, 0.29) is 6.04 Å². The minimum absolute atomic E-state index is 0.0647. The van der Waals surface area contributed by atoms with Crippen LogP contribution >= 0.6 is 11.3 Å². The molecular formula is C16H18N4S. The number of nitrogens with zero attached hydrogens (tertiary/aromatic N) is 2. The molecule has 0 aliphatic carbocycles. The van der Waals surface area contributed by atoms with Crippen molar-refractivity contribution in [1.82, 2.24) is 15.2 Å². The van der Waals surface area contributed by atoms with Crippen LogP contribution < -0.4 is 11.3 Å². The number of hydrogen-bond donors (Lipinski definition) is 2. The second-order valence-corrected chi connectivity index (χ2v) is 5.69. The lowest BCUT2D eigenvalue weighted by Crippen LogP contribution is -2.28. The van der Waals surface area contributed by atoms with Gasteiger partial charge in [-0.1, -0.05) is 18.2 Å². The molecule has 0 fully saturated rings. The van der Waals surface area contributed by atoms with Gasteiger partial charge in [-0.05, 0) is 53.4 Å². The number of thiophene rings is 1. The van der Waals surface area contributed by atoms with Crippen LogP contribution in [0.4, 0.5) is 0 Å². The summed E-state index contributed by atoms with van der Waals surface area (Å²) in [5.41, 5.74) is 6.25. The van der Waals surface area contributed by atoms with Crippen LogP contribution in [-0.2, 0) is 6.42 Å². The number of nitrogens with two attached hydrogens (primary N) is 1. The van der Waals surface area contributed by atoms with Crippen LogP contribution in [0.2, 0.25) is 0 Å². The lowest BCUT2D eigenvalue weighted by atomic mass is 10.1. The summed E-state index contributed by atoms with van der Waals surface area (Å²) in [6.07, 6.45) is 3.90. The third-order valence-corrected chi connectivity index (χ3v) is 4.22. The molecule has 0 amide bonds. The van der Waals surface area contributed by atoms with Gasteiger partial charge < -0.3 is 0 Å². The van der Waals surface area contributed by atoms with E-state index >= 15 is 0 Å². The molecule has 0 aliphatic rings. The monoisotopic (exact) mass is 298 g/mol. The standard InChI is InChI=1S/C16H18N4S/c17-18-15(7-6-13-9-11-21-12-13)16-8-10-20(19-16)14-4-2-1-3-5-14/h1-5,8-12,15,18H,6-7,17H2. The predicted octanol–water partition coefficient (Wildman–Crippen LogP) is 3.07. The number of hydrazine groups is 1. The molecule has 0 radical (unpaired) electrons. The average Bonchev–Trinajstić information content (AvgIpc) is 3.20. The van der Waals surface area contributed by atoms with Gasteiger partial charge in [0.25, 0.3) is 0 Å². The molecule has 1 unspecified atom stereocenters. The highest BCUT2D eigenvalue weighted by atomic mass is 32.1. The molecule has 2 heterocycles. The van der Waals surface area contributed by atoms with Crippen LogP contribution in [0.1, 0.15) is 23.7 Å². The molecular weight excluding hydrogens is 280 g/mol. The minimum Gasteiger partial charge on any atom is -0.271 e. The van der Waals surface area contributed by atoms with Crippen molar-refractivity contribution in [2.24, 2.45) is 5.84 Å². The van der Waals surface area contributed by atoms with Gasteiger partial charge in [0.2, 0.25) is 0 Å². The van der Waals surface area contributed by atoms with Crippen molar-refractivity contribution in [3.8, 4) is 5.69 Å².